The highest BCUT2D eigenvalue weighted by atomic mass is 16.6. The third-order valence-electron chi connectivity index (χ3n) is 4.05. The molecular weight excluding hydrogens is 318 g/mol. The van der Waals surface area contributed by atoms with Crippen LogP contribution in [-0.2, 0) is 11.3 Å². The number of nitrogens with one attached hydrogen (secondary N) is 1. The first kappa shape index (κ1) is 18.6. The molecule has 1 N–H and O–H groups in total. The molecule has 0 aliphatic heterocycles. The van der Waals surface area contributed by atoms with Crippen LogP contribution in [0.15, 0.2) is 36.4 Å². The fourth-order valence-corrected chi connectivity index (χ4v) is 2.71. The van der Waals surface area contributed by atoms with Crippen molar-refractivity contribution in [3.05, 3.63) is 68.8 Å². The number of nitro groups is 1. The predicted molar refractivity (Wildman–Crippen MR) is 98.7 cm³/mol. The molecule has 0 aliphatic rings. The Balaban J connectivity index is 1.96. The van der Waals surface area contributed by atoms with Gasteiger partial charge in [0.2, 0.25) is 5.91 Å². The summed E-state index contributed by atoms with van der Waals surface area (Å²) in [5.41, 5.74) is 4.89. The molecule has 0 saturated heterocycles. The molecule has 0 bridgehead atoms. The minimum Gasteiger partial charge on any atom is -0.325 e. The number of hydrogen-bond donors (Lipinski definition) is 1. The number of benzene rings is 2. The standard InChI is InChI=1S/C19H23N3O3/c1-13-5-6-16(14(2)9-13)11-21(4)12-19(23)20-18-8-7-17(22(24)25)10-15(18)3/h5-10H,11-12H2,1-4H3,(H,20,23). The van der Waals surface area contributed by atoms with Crippen molar-refractivity contribution in [2.45, 2.75) is 27.3 Å². The van der Waals surface area contributed by atoms with Gasteiger partial charge >= 0.3 is 0 Å². The van der Waals surface area contributed by atoms with Crippen LogP contribution in [0.1, 0.15) is 22.3 Å². The summed E-state index contributed by atoms with van der Waals surface area (Å²) in [6, 6.07) is 10.7. The normalized spacial score (nSPS) is 10.8. The number of amides is 1. The van der Waals surface area contributed by atoms with E-state index in [2.05, 4.69) is 37.4 Å². The number of hydrogen-bond acceptors (Lipinski definition) is 4. The zero-order valence-corrected chi connectivity index (χ0v) is 15.0. The van der Waals surface area contributed by atoms with Gasteiger partial charge in [0.05, 0.1) is 11.5 Å². The predicted octanol–water partition coefficient (Wildman–Crippen LogP) is 3.59. The van der Waals surface area contributed by atoms with Gasteiger partial charge < -0.3 is 5.32 Å². The summed E-state index contributed by atoms with van der Waals surface area (Å²) in [5, 5.41) is 13.6. The second kappa shape index (κ2) is 7.90. The first-order chi connectivity index (χ1) is 11.8. The van der Waals surface area contributed by atoms with Gasteiger partial charge in [-0.25, -0.2) is 0 Å². The maximum atomic E-state index is 12.2. The molecule has 132 valence electrons. The zero-order valence-electron chi connectivity index (χ0n) is 15.0. The van der Waals surface area contributed by atoms with E-state index in [0.717, 1.165) is 0 Å². The number of non-ortho nitro benzene ring substituents is 1. The topological polar surface area (TPSA) is 75.5 Å². The molecule has 0 heterocycles. The van der Waals surface area contributed by atoms with Crippen LogP contribution >= 0.6 is 0 Å². The van der Waals surface area contributed by atoms with E-state index in [1.54, 1.807) is 13.0 Å². The number of nitro benzene ring substituents is 1. The van der Waals surface area contributed by atoms with Crippen molar-refractivity contribution >= 4 is 17.3 Å². The van der Waals surface area contributed by atoms with E-state index in [0.29, 0.717) is 17.8 Å². The molecule has 2 aromatic rings. The fraction of sp³-hybridized carbons (Fsp3) is 0.316. The van der Waals surface area contributed by atoms with Gasteiger partial charge in [-0.05, 0) is 50.6 Å². The summed E-state index contributed by atoms with van der Waals surface area (Å²) in [4.78, 5) is 24.5. The van der Waals surface area contributed by atoms with E-state index >= 15 is 0 Å². The molecule has 25 heavy (non-hydrogen) atoms. The van der Waals surface area contributed by atoms with Crippen LogP contribution in [0.25, 0.3) is 0 Å². The van der Waals surface area contributed by atoms with E-state index in [4.69, 9.17) is 0 Å². The third-order valence-corrected chi connectivity index (χ3v) is 4.05. The first-order valence-electron chi connectivity index (χ1n) is 8.06. The van der Waals surface area contributed by atoms with Crippen LogP contribution in [0.2, 0.25) is 0 Å². The summed E-state index contributed by atoms with van der Waals surface area (Å²) in [7, 11) is 1.89. The van der Waals surface area contributed by atoms with Crippen molar-refractivity contribution in [2.75, 3.05) is 18.9 Å². The van der Waals surface area contributed by atoms with Gasteiger partial charge in [0.1, 0.15) is 0 Å². The Bertz CT molecular complexity index is 802. The van der Waals surface area contributed by atoms with Crippen LogP contribution in [0, 0.1) is 30.9 Å². The maximum Gasteiger partial charge on any atom is 0.269 e. The van der Waals surface area contributed by atoms with E-state index < -0.39 is 4.92 Å². The smallest absolute Gasteiger partial charge is 0.269 e. The van der Waals surface area contributed by atoms with E-state index in [1.165, 1.54) is 28.8 Å². The van der Waals surface area contributed by atoms with Crippen molar-refractivity contribution in [3.8, 4) is 0 Å². The molecule has 0 radical (unpaired) electrons. The van der Waals surface area contributed by atoms with E-state index in [9.17, 15) is 14.9 Å². The van der Waals surface area contributed by atoms with Gasteiger partial charge in [0.15, 0.2) is 0 Å². The molecule has 0 spiro atoms. The molecule has 6 nitrogen and oxygen atoms in total. The molecule has 6 heteroatoms. The van der Waals surface area contributed by atoms with Crippen LogP contribution < -0.4 is 5.32 Å². The van der Waals surface area contributed by atoms with Gasteiger partial charge in [-0.3, -0.25) is 19.8 Å². The molecule has 0 unspecified atom stereocenters. The molecular formula is C19H23N3O3. The number of aryl methyl sites for hydroxylation is 3. The van der Waals surface area contributed by atoms with Crippen molar-refractivity contribution < 1.29 is 9.72 Å². The Hall–Kier alpha value is -2.73. The lowest BCUT2D eigenvalue weighted by molar-refractivity contribution is -0.384. The van der Waals surface area contributed by atoms with Gasteiger partial charge in [0, 0.05) is 24.4 Å². The van der Waals surface area contributed by atoms with Gasteiger partial charge in [-0.2, -0.15) is 0 Å². The van der Waals surface area contributed by atoms with E-state index in [-0.39, 0.29) is 18.1 Å². The van der Waals surface area contributed by atoms with Crippen molar-refractivity contribution in [3.63, 3.8) is 0 Å². The molecule has 0 aromatic heterocycles. The monoisotopic (exact) mass is 341 g/mol. The van der Waals surface area contributed by atoms with Crippen molar-refractivity contribution in [1.29, 1.82) is 0 Å². The number of rotatable bonds is 6. The van der Waals surface area contributed by atoms with Gasteiger partial charge in [0.25, 0.3) is 5.69 Å². The Morgan fingerprint density at radius 3 is 2.44 bits per heavy atom. The highest BCUT2D eigenvalue weighted by Crippen LogP contribution is 2.21. The second-order valence-corrected chi connectivity index (χ2v) is 6.41. The summed E-state index contributed by atoms with van der Waals surface area (Å²) >= 11 is 0. The average molecular weight is 341 g/mol. The zero-order chi connectivity index (χ0) is 18.6. The summed E-state index contributed by atoms with van der Waals surface area (Å²) in [6.45, 7) is 6.78. The highest BCUT2D eigenvalue weighted by molar-refractivity contribution is 5.93. The molecule has 1 amide bonds. The molecule has 0 aliphatic carbocycles. The second-order valence-electron chi connectivity index (χ2n) is 6.41. The lowest BCUT2D eigenvalue weighted by atomic mass is 10.1. The fourth-order valence-electron chi connectivity index (χ4n) is 2.71. The number of carbonyl (C=O) groups excluding carboxylic acids is 1. The van der Waals surface area contributed by atoms with Crippen LogP contribution in [0.5, 0.6) is 0 Å². The highest BCUT2D eigenvalue weighted by Gasteiger charge is 2.12. The Kier molecular flexibility index (Phi) is 5.88. The summed E-state index contributed by atoms with van der Waals surface area (Å²) < 4.78 is 0. The van der Waals surface area contributed by atoms with Crippen molar-refractivity contribution in [1.82, 2.24) is 4.90 Å². The third kappa shape index (κ3) is 5.12. The lowest BCUT2D eigenvalue weighted by Crippen LogP contribution is -2.30. The Morgan fingerprint density at radius 2 is 1.84 bits per heavy atom. The van der Waals surface area contributed by atoms with E-state index in [1.807, 2.05) is 11.9 Å². The molecule has 0 atom stereocenters. The summed E-state index contributed by atoms with van der Waals surface area (Å²) in [5.74, 6) is -0.149. The van der Waals surface area contributed by atoms with Gasteiger partial charge in [-0.1, -0.05) is 23.8 Å². The SMILES string of the molecule is Cc1ccc(CN(C)CC(=O)Nc2ccc([N+](=O)[O-])cc2C)c(C)c1. The number of likely N-dealkylation sites (N-methyl/N-ethyl adjacent to an activating group) is 1. The number of nitrogens with zero attached hydrogens (tertiary/aromatic N) is 2. The Morgan fingerprint density at radius 1 is 1.12 bits per heavy atom. The molecule has 0 saturated carbocycles. The molecule has 2 aromatic carbocycles. The number of anilines is 1. The quantitative estimate of drug-likeness (QED) is 0.643. The maximum absolute atomic E-state index is 12.2. The molecule has 0 fully saturated rings. The number of carbonyl (C=O) groups is 1. The summed E-state index contributed by atoms with van der Waals surface area (Å²) in [6.07, 6.45) is 0. The lowest BCUT2D eigenvalue weighted by Gasteiger charge is -2.18. The van der Waals surface area contributed by atoms with Gasteiger partial charge in [-0.15, -0.1) is 0 Å². The first-order valence-corrected chi connectivity index (χ1v) is 8.06. The van der Waals surface area contributed by atoms with Crippen LogP contribution in [-0.4, -0.2) is 29.3 Å². The van der Waals surface area contributed by atoms with Crippen molar-refractivity contribution in [2.24, 2.45) is 0 Å². The molecule has 2 rings (SSSR count). The minimum atomic E-state index is -0.448. The Labute approximate surface area is 147 Å². The average Bonchev–Trinajstić information content (AvgIpc) is 2.51. The minimum absolute atomic E-state index is 0.0162. The van der Waals surface area contributed by atoms with Crippen LogP contribution in [0.4, 0.5) is 11.4 Å². The van der Waals surface area contributed by atoms with Crippen LogP contribution in [0.3, 0.4) is 0 Å². The largest absolute Gasteiger partial charge is 0.325 e.